The molecule has 1 aromatic carbocycles. The SMILES string of the molecule is CCN(CC)CCOc1ccc2c(c1)OCCO2. The van der Waals surface area contributed by atoms with Crippen LogP contribution in [0.3, 0.4) is 0 Å². The van der Waals surface area contributed by atoms with Gasteiger partial charge in [0.1, 0.15) is 25.6 Å². The molecule has 0 atom stereocenters. The van der Waals surface area contributed by atoms with Crippen molar-refractivity contribution < 1.29 is 14.2 Å². The van der Waals surface area contributed by atoms with Crippen LogP contribution in [-0.4, -0.2) is 44.4 Å². The predicted octanol–water partition coefficient (Wildman–Crippen LogP) is 2.18. The monoisotopic (exact) mass is 251 g/mol. The summed E-state index contributed by atoms with van der Waals surface area (Å²) in [6.07, 6.45) is 0. The summed E-state index contributed by atoms with van der Waals surface area (Å²) in [4.78, 5) is 2.33. The van der Waals surface area contributed by atoms with E-state index in [0.29, 0.717) is 19.8 Å². The minimum atomic E-state index is 0.607. The second-order valence-electron chi connectivity index (χ2n) is 4.18. The maximum atomic E-state index is 5.73. The van der Waals surface area contributed by atoms with Crippen molar-refractivity contribution in [2.75, 3.05) is 39.5 Å². The van der Waals surface area contributed by atoms with E-state index in [1.807, 2.05) is 18.2 Å². The molecule has 1 aromatic rings. The van der Waals surface area contributed by atoms with Crippen LogP contribution in [-0.2, 0) is 0 Å². The van der Waals surface area contributed by atoms with Crippen LogP contribution in [0.5, 0.6) is 17.2 Å². The molecule has 18 heavy (non-hydrogen) atoms. The molecule has 0 saturated heterocycles. The first-order valence-corrected chi connectivity index (χ1v) is 6.58. The molecule has 1 aliphatic rings. The molecule has 0 amide bonds. The van der Waals surface area contributed by atoms with Gasteiger partial charge in [-0.05, 0) is 25.2 Å². The van der Waals surface area contributed by atoms with Gasteiger partial charge in [0.15, 0.2) is 11.5 Å². The predicted molar refractivity (Wildman–Crippen MR) is 70.7 cm³/mol. The van der Waals surface area contributed by atoms with Crippen LogP contribution in [0.4, 0.5) is 0 Å². The molecule has 100 valence electrons. The summed E-state index contributed by atoms with van der Waals surface area (Å²) < 4.78 is 16.7. The number of nitrogens with zero attached hydrogens (tertiary/aromatic N) is 1. The van der Waals surface area contributed by atoms with Crippen LogP contribution in [0.2, 0.25) is 0 Å². The topological polar surface area (TPSA) is 30.9 Å². The van der Waals surface area contributed by atoms with Crippen LogP contribution in [0.25, 0.3) is 0 Å². The van der Waals surface area contributed by atoms with Crippen molar-refractivity contribution in [3.8, 4) is 17.2 Å². The number of fused-ring (bicyclic) bond motifs is 1. The maximum absolute atomic E-state index is 5.73. The second kappa shape index (κ2) is 6.50. The third kappa shape index (κ3) is 3.29. The zero-order chi connectivity index (χ0) is 12.8. The van der Waals surface area contributed by atoms with Crippen molar-refractivity contribution >= 4 is 0 Å². The van der Waals surface area contributed by atoms with Crippen molar-refractivity contribution in [1.82, 2.24) is 4.90 Å². The van der Waals surface area contributed by atoms with Crippen molar-refractivity contribution in [3.63, 3.8) is 0 Å². The maximum Gasteiger partial charge on any atom is 0.165 e. The van der Waals surface area contributed by atoms with Crippen LogP contribution >= 0.6 is 0 Å². The van der Waals surface area contributed by atoms with Gasteiger partial charge in [0.2, 0.25) is 0 Å². The van der Waals surface area contributed by atoms with Crippen LogP contribution in [0.1, 0.15) is 13.8 Å². The van der Waals surface area contributed by atoms with Gasteiger partial charge in [0, 0.05) is 12.6 Å². The minimum Gasteiger partial charge on any atom is -0.492 e. The van der Waals surface area contributed by atoms with Crippen LogP contribution in [0, 0.1) is 0 Å². The highest BCUT2D eigenvalue weighted by molar-refractivity contribution is 5.46. The van der Waals surface area contributed by atoms with Gasteiger partial charge in [-0.2, -0.15) is 0 Å². The largest absolute Gasteiger partial charge is 0.492 e. The fraction of sp³-hybridized carbons (Fsp3) is 0.571. The van der Waals surface area contributed by atoms with Crippen LogP contribution in [0.15, 0.2) is 18.2 Å². The highest BCUT2D eigenvalue weighted by Gasteiger charge is 2.12. The Morgan fingerprint density at radius 3 is 2.56 bits per heavy atom. The summed E-state index contributed by atoms with van der Waals surface area (Å²) in [5.74, 6) is 2.42. The molecule has 0 fully saturated rings. The van der Waals surface area contributed by atoms with E-state index >= 15 is 0 Å². The van der Waals surface area contributed by atoms with E-state index in [1.165, 1.54) is 0 Å². The Balaban J connectivity index is 1.86. The Hall–Kier alpha value is -1.42. The Labute approximate surface area is 108 Å². The molecule has 0 spiro atoms. The van der Waals surface area contributed by atoms with Gasteiger partial charge in [-0.3, -0.25) is 0 Å². The van der Waals surface area contributed by atoms with Gasteiger partial charge in [0.05, 0.1) is 0 Å². The molecule has 2 rings (SSSR count). The Morgan fingerprint density at radius 1 is 1.11 bits per heavy atom. The molecule has 0 unspecified atom stereocenters. The van der Waals surface area contributed by atoms with Gasteiger partial charge in [0.25, 0.3) is 0 Å². The minimum absolute atomic E-state index is 0.607. The fourth-order valence-corrected chi connectivity index (χ4v) is 1.95. The summed E-state index contributed by atoms with van der Waals surface area (Å²) >= 11 is 0. The highest BCUT2D eigenvalue weighted by atomic mass is 16.6. The van der Waals surface area contributed by atoms with Gasteiger partial charge < -0.3 is 19.1 Å². The zero-order valence-electron chi connectivity index (χ0n) is 11.1. The Morgan fingerprint density at radius 2 is 1.83 bits per heavy atom. The number of rotatable bonds is 6. The van der Waals surface area contributed by atoms with E-state index in [4.69, 9.17) is 14.2 Å². The second-order valence-corrected chi connectivity index (χ2v) is 4.18. The number of likely N-dealkylation sites (N-methyl/N-ethyl adjacent to an activating group) is 1. The van der Waals surface area contributed by atoms with E-state index in [-0.39, 0.29) is 0 Å². The molecule has 1 heterocycles. The summed E-state index contributed by atoms with van der Waals surface area (Å²) in [5, 5.41) is 0. The molecule has 0 aromatic heterocycles. The van der Waals surface area contributed by atoms with Gasteiger partial charge in [-0.15, -0.1) is 0 Å². The van der Waals surface area contributed by atoms with E-state index < -0.39 is 0 Å². The van der Waals surface area contributed by atoms with Crippen molar-refractivity contribution in [1.29, 1.82) is 0 Å². The first-order chi connectivity index (χ1) is 8.83. The van der Waals surface area contributed by atoms with E-state index in [1.54, 1.807) is 0 Å². The number of hydrogen-bond donors (Lipinski definition) is 0. The van der Waals surface area contributed by atoms with Crippen LogP contribution < -0.4 is 14.2 Å². The average Bonchev–Trinajstić information content (AvgIpc) is 2.43. The lowest BCUT2D eigenvalue weighted by molar-refractivity contribution is 0.169. The molecule has 0 radical (unpaired) electrons. The highest BCUT2D eigenvalue weighted by Crippen LogP contribution is 2.33. The van der Waals surface area contributed by atoms with Gasteiger partial charge in [-0.25, -0.2) is 0 Å². The number of benzene rings is 1. The molecule has 4 heteroatoms. The average molecular weight is 251 g/mol. The van der Waals surface area contributed by atoms with Gasteiger partial charge in [-0.1, -0.05) is 13.8 Å². The standard InChI is InChI=1S/C14H21NO3/c1-3-15(4-2)7-8-16-12-5-6-13-14(11-12)18-10-9-17-13/h5-6,11H,3-4,7-10H2,1-2H3. The molecule has 0 bridgehead atoms. The third-order valence-corrected chi connectivity index (χ3v) is 3.08. The number of hydrogen-bond acceptors (Lipinski definition) is 4. The van der Waals surface area contributed by atoms with Gasteiger partial charge >= 0.3 is 0 Å². The first-order valence-electron chi connectivity index (χ1n) is 6.58. The lowest BCUT2D eigenvalue weighted by Crippen LogP contribution is -2.27. The quantitative estimate of drug-likeness (QED) is 0.775. The zero-order valence-corrected chi connectivity index (χ0v) is 11.1. The van der Waals surface area contributed by atoms with Crippen molar-refractivity contribution in [2.24, 2.45) is 0 Å². The number of ether oxygens (including phenoxy) is 3. The first kappa shape index (κ1) is 13.0. The van der Waals surface area contributed by atoms with E-state index in [0.717, 1.165) is 36.9 Å². The molecular weight excluding hydrogens is 230 g/mol. The Kier molecular flexibility index (Phi) is 4.70. The Bertz CT molecular complexity index is 377. The van der Waals surface area contributed by atoms with E-state index in [9.17, 15) is 0 Å². The summed E-state index contributed by atoms with van der Waals surface area (Å²) in [6.45, 7) is 9.30. The lowest BCUT2D eigenvalue weighted by Gasteiger charge is -2.20. The molecule has 0 saturated carbocycles. The fourth-order valence-electron chi connectivity index (χ4n) is 1.95. The van der Waals surface area contributed by atoms with Crippen molar-refractivity contribution in [2.45, 2.75) is 13.8 Å². The molecule has 1 aliphatic heterocycles. The van der Waals surface area contributed by atoms with Crippen molar-refractivity contribution in [3.05, 3.63) is 18.2 Å². The molecular formula is C14H21NO3. The third-order valence-electron chi connectivity index (χ3n) is 3.08. The normalized spacial score (nSPS) is 13.7. The summed E-state index contributed by atoms with van der Waals surface area (Å²) in [5.41, 5.74) is 0. The lowest BCUT2D eigenvalue weighted by atomic mass is 10.3. The molecule has 0 N–H and O–H groups in total. The van der Waals surface area contributed by atoms with E-state index in [2.05, 4.69) is 18.7 Å². The molecule has 4 nitrogen and oxygen atoms in total. The summed E-state index contributed by atoms with van der Waals surface area (Å²) in [6, 6.07) is 5.73. The smallest absolute Gasteiger partial charge is 0.165 e. The molecule has 0 aliphatic carbocycles. The summed E-state index contributed by atoms with van der Waals surface area (Å²) in [7, 11) is 0.